The van der Waals surface area contributed by atoms with Crippen LogP contribution in [0.2, 0.25) is 0 Å². The first-order chi connectivity index (χ1) is 17.5. The van der Waals surface area contributed by atoms with Crippen molar-refractivity contribution in [2.45, 2.75) is 26.7 Å². The van der Waals surface area contributed by atoms with Crippen molar-refractivity contribution in [2.75, 3.05) is 0 Å². The molecule has 0 unspecified atom stereocenters. The fourth-order valence-electron chi connectivity index (χ4n) is 5.69. The van der Waals surface area contributed by atoms with E-state index in [2.05, 4.69) is 112 Å². The van der Waals surface area contributed by atoms with Gasteiger partial charge in [0, 0.05) is 0 Å². The first-order valence-corrected chi connectivity index (χ1v) is 16.4. The second kappa shape index (κ2) is 11.5. The molecule has 2 N–H and O–H groups in total. The molecule has 0 amide bonds. The minimum absolute atomic E-state index is 0. The number of hydrogen-bond donors (Lipinski definition) is 0. The average Bonchev–Trinajstić information content (AvgIpc) is 3.23. The molecule has 0 atom stereocenters. The summed E-state index contributed by atoms with van der Waals surface area (Å²) >= 11 is -0.556. The third-order valence-electron chi connectivity index (χ3n) is 7.66. The van der Waals surface area contributed by atoms with E-state index < -0.39 is 17.0 Å². The van der Waals surface area contributed by atoms with Crippen LogP contribution in [-0.4, -0.2) is 0 Å². The summed E-state index contributed by atoms with van der Waals surface area (Å²) in [6, 6.07) is 33.4. The van der Waals surface area contributed by atoms with Gasteiger partial charge in [-0.3, -0.25) is 0 Å². The van der Waals surface area contributed by atoms with E-state index in [4.69, 9.17) is 25.5 Å². The van der Waals surface area contributed by atoms with E-state index >= 15 is 0 Å². The number of rotatable bonds is 2. The Bertz CT molecular complexity index is 1550. The van der Waals surface area contributed by atoms with E-state index in [1.54, 1.807) is 0 Å². The third-order valence-corrected chi connectivity index (χ3v) is 7.66. The van der Waals surface area contributed by atoms with E-state index in [1.807, 2.05) is 0 Å². The smallest absolute Gasteiger partial charge is 0.693 e. The van der Waals surface area contributed by atoms with Crippen LogP contribution in [0, 0.1) is 27.7 Å². The van der Waals surface area contributed by atoms with Gasteiger partial charge in [0.2, 0.25) is 0 Å². The molecule has 0 heterocycles. The quantitative estimate of drug-likeness (QED) is 0.150. The van der Waals surface area contributed by atoms with E-state index in [9.17, 15) is 0 Å². The molecule has 0 saturated heterocycles. The van der Waals surface area contributed by atoms with Gasteiger partial charge in [0.05, 0.1) is 0 Å². The van der Waals surface area contributed by atoms with E-state index in [1.165, 1.54) is 66.4 Å². The Hall–Kier alpha value is -2.52. The summed E-state index contributed by atoms with van der Waals surface area (Å²) in [5, 5.41) is 2.55. The molecule has 0 saturated carbocycles. The van der Waals surface area contributed by atoms with Crippen LogP contribution in [0.1, 0.15) is 44.9 Å². The second-order valence-electron chi connectivity index (χ2n) is 9.40. The molecule has 1 aliphatic rings. The molecular formula is C33H29Cl2NTi-2. The number of benzene rings is 5. The maximum Gasteiger partial charge on any atom is -0.693 e. The zero-order valence-corrected chi connectivity index (χ0v) is 24.4. The van der Waals surface area contributed by atoms with Crippen LogP contribution in [0.4, 0.5) is 0 Å². The Morgan fingerprint density at radius 1 is 0.649 bits per heavy atom. The van der Waals surface area contributed by atoms with Crippen LogP contribution < -0.4 is 0 Å². The molecule has 0 fully saturated rings. The van der Waals surface area contributed by atoms with Gasteiger partial charge in [-0.25, -0.2) is 0 Å². The van der Waals surface area contributed by atoms with Gasteiger partial charge in [0.15, 0.2) is 0 Å². The number of aryl methyl sites for hydroxylation is 1. The maximum absolute atomic E-state index is 4.89. The molecule has 5 aromatic carbocycles. The van der Waals surface area contributed by atoms with Gasteiger partial charge in [0.25, 0.3) is 0 Å². The van der Waals surface area contributed by atoms with Crippen molar-refractivity contribution in [1.29, 1.82) is 0 Å². The van der Waals surface area contributed by atoms with Crippen LogP contribution in [0.25, 0.3) is 39.2 Å². The van der Waals surface area contributed by atoms with E-state index in [0.717, 1.165) is 5.56 Å². The van der Waals surface area contributed by atoms with Crippen molar-refractivity contribution in [2.24, 2.45) is 0 Å². The van der Waals surface area contributed by atoms with Crippen LogP contribution in [-0.2, 0) is 17.0 Å². The van der Waals surface area contributed by atoms with E-state index in [-0.39, 0.29) is 12.1 Å². The second-order valence-corrected chi connectivity index (χ2v) is 12.0. The molecule has 0 spiro atoms. The molecule has 6 rings (SSSR count). The monoisotopic (exact) mass is 557 g/mol. The molecule has 37 heavy (non-hydrogen) atoms. The molecular weight excluding hydrogens is 529 g/mol. The van der Waals surface area contributed by atoms with Crippen LogP contribution >= 0.6 is 18.6 Å². The van der Waals surface area contributed by atoms with Gasteiger partial charge >= 0.3 is 35.6 Å². The zero-order valence-electron chi connectivity index (χ0n) is 21.3. The predicted octanol–water partition coefficient (Wildman–Crippen LogP) is 10.9. The summed E-state index contributed by atoms with van der Waals surface area (Å²) in [6.07, 6.45) is 0. The Kier molecular flexibility index (Phi) is 8.54. The van der Waals surface area contributed by atoms with Crippen molar-refractivity contribution >= 4 is 29.4 Å². The molecule has 5 aromatic rings. The molecule has 1 aliphatic carbocycles. The van der Waals surface area contributed by atoms with Gasteiger partial charge in [-0.1, -0.05) is 101 Å². The maximum atomic E-state index is 4.89. The first kappa shape index (κ1) is 27.5. The van der Waals surface area contributed by atoms with Gasteiger partial charge in [0.1, 0.15) is 0 Å². The largest absolute Gasteiger partial charge is 0.693 e. The Balaban J connectivity index is 0.000000765. The van der Waals surface area contributed by atoms with Gasteiger partial charge in [-0.05, 0) is 65.5 Å². The summed E-state index contributed by atoms with van der Waals surface area (Å²) < 4.78 is 0. The molecule has 0 aliphatic heterocycles. The summed E-state index contributed by atoms with van der Waals surface area (Å²) in [5.74, 6) is 0.195. The zero-order chi connectivity index (χ0) is 25.4. The SMILES string of the molecule is [CH2-]c1c(C2c3ccccc3-c3ccccc32)cc2ccccc2c1-c1ccc(C)c(C)c1C.[Cl][Ti][Cl].[NH2-]. The minimum atomic E-state index is -0.556. The fraction of sp³-hybridized carbons (Fsp3) is 0.121. The van der Waals surface area contributed by atoms with Crippen molar-refractivity contribution < 1.29 is 17.0 Å². The van der Waals surface area contributed by atoms with E-state index in [0.29, 0.717) is 0 Å². The molecule has 1 nitrogen and oxygen atoms in total. The van der Waals surface area contributed by atoms with Crippen molar-refractivity contribution in [3.05, 3.63) is 143 Å². The van der Waals surface area contributed by atoms with Gasteiger partial charge < -0.3 is 6.15 Å². The molecule has 0 bridgehead atoms. The minimum Gasteiger partial charge on any atom is -0.693 e. The molecule has 186 valence electrons. The first-order valence-electron chi connectivity index (χ1n) is 12.1. The van der Waals surface area contributed by atoms with Gasteiger partial charge in [-0.2, -0.15) is 12.5 Å². The Morgan fingerprint density at radius 2 is 1.19 bits per heavy atom. The molecule has 0 aromatic heterocycles. The Labute approximate surface area is 237 Å². The molecule has 0 radical (unpaired) electrons. The topological polar surface area (TPSA) is 33.5 Å². The summed E-state index contributed by atoms with van der Waals surface area (Å²) in [5.41, 5.74) is 14.5. The van der Waals surface area contributed by atoms with Crippen molar-refractivity contribution in [3.63, 3.8) is 0 Å². The standard InChI is InChI=1S/C33H27.2ClH.H2N.Ti/c1-20-17-18-25(22(3)21(20)2)32-23(4)31(19-24-11-5-6-12-26(24)32)33-29-15-9-7-13-27(29)28-14-8-10-16-30(28)33;;;;/h5-19,33H,4H2,1-3H3;2*1H;1H2;/q-1;;;-1;+2/p-2. The summed E-state index contributed by atoms with van der Waals surface area (Å²) in [6.45, 7) is 11.4. The van der Waals surface area contributed by atoms with Crippen molar-refractivity contribution in [3.8, 4) is 22.3 Å². The number of nitrogens with two attached hydrogens (primary N) is 1. The summed E-state index contributed by atoms with van der Waals surface area (Å²) in [7, 11) is 9.78. The average molecular weight is 558 g/mol. The number of hydrogen-bond acceptors (Lipinski definition) is 0. The number of halogens is 2. The van der Waals surface area contributed by atoms with Gasteiger partial charge in [-0.15, -0.1) is 17.2 Å². The predicted molar refractivity (Wildman–Crippen MR) is 158 cm³/mol. The van der Waals surface area contributed by atoms with Crippen LogP contribution in [0.15, 0.2) is 91.0 Å². The van der Waals surface area contributed by atoms with Crippen LogP contribution in [0.3, 0.4) is 0 Å². The fourth-order valence-corrected chi connectivity index (χ4v) is 5.69. The third kappa shape index (κ3) is 4.76. The molecule has 4 heteroatoms. The Morgan fingerprint density at radius 3 is 1.81 bits per heavy atom. The normalized spacial score (nSPS) is 11.7. The summed E-state index contributed by atoms with van der Waals surface area (Å²) in [4.78, 5) is 0. The van der Waals surface area contributed by atoms with Crippen LogP contribution in [0.5, 0.6) is 0 Å². The van der Waals surface area contributed by atoms with Crippen molar-refractivity contribution in [1.82, 2.24) is 0 Å². The number of fused-ring (bicyclic) bond motifs is 4.